The quantitative estimate of drug-likeness (QED) is 0.467. The van der Waals surface area contributed by atoms with E-state index in [9.17, 15) is 14.4 Å². The van der Waals surface area contributed by atoms with E-state index < -0.39 is 11.4 Å². The van der Waals surface area contributed by atoms with Crippen molar-refractivity contribution in [1.29, 1.82) is 0 Å². The highest BCUT2D eigenvalue weighted by atomic mass is 35.5. The highest BCUT2D eigenvalue weighted by molar-refractivity contribution is 7.16. The van der Waals surface area contributed by atoms with Gasteiger partial charge in [0.1, 0.15) is 11.5 Å². The van der Waals surface area contributed by atoms with Crippen LogP contribution in [0, 0.1) is 5.41 Å². The number of carboxylic acids is 1. The van der Waals surface area contributed by atoms with E-state index in [0.717, 1.165) is 4.88 Å². The average molecular weight is 477 g/mol. The summed E-state index contributed by atoms with van der Waals surface area (Å²) in [5, 5.41) is 16.6. The summed E-state index contributed by atoms with van der Waals surface area (Å²) >= 11 is 7.44. The Kier molecular flexibility index (Phi) is 7.20. The molecule has 0 fully saturated rings. The monoisotopic (exact) mass is 476 g/mol. The molecule has 2 N–H and O–H groups in total. The summed E-state index contributed by atoms with van der Waals surface area (Å²) in [6.07, 6.45) is 1.99. The lowest BCUT2D eigenvalue weighted by Gasteiger charge is -2.21. The number of anilines is 1. The fraction of sp³-hybridized carbons (Fsp3) is 0.364. The molecule has 3 heterocycles. The van der Waals surface area contributed by atoms with Crippen molar-refractivity contribution in [2.45, 2.75) is 46.7 Å². The molecule has 8 nitrogen and oxygen atoms in total. The maximum Gasteiger partial charge on any atom is 0.305 e. The van der Waals surface area contributed by atoms with Crippen LogP contribution in [-0.2, 0) is 17.9 Å². The predicted molar refractivity (Wildman–Crippen MR) is 126 cm³/mol. The summed E-state index contributed by atoms with van der Waals surface area (Å²) in [5.74, 6) is -0.712. The van der Waals surface area contributed by atoms with Gasteiger partial charge in [0.25, 0.3) is 11.5 Å². The minimum atomic E-state index is -0.987. The molecule has 0 radical (unpaired) electrons. The number of rotatable bonds is 9. The highest BCUT2D eigenvalue weighted by Crippen LogP contribution is 2.28. The number of aromatic nitrogens is 3. The number of hydrogen-bond acceptors (Lipinski definition) is 6. The first-order valence-corrected chi connectivity index (χ1v) is 11.4. The van der Waals surface area contributed by atoms with Gasteiger partial charge in [-0.1, -0.05) is 32.4 Å². The average Bonchev–Trinajstić information content (AvgIpc) is 3.36. The van der Waals surface area contributed by atoms with Crippen molar-refractivity contribution in [1.82, 2.24) is 14.3 Å². The van der Waals surface area contributed by atoms with E-state index >= 15 is 0 Å². The fourth-order valence-corrected chi connectivity index (χ4v) is 4.01. The third-order valence-corrected chi connectivity index (χ3v) is 6.53. The lowest BCUT2D eigenvalue weighted by molar-refractivity contribution is -0.137. The van der Waals surface area contributed by atoms with Gasteiger partial charge in [-0.25, -0.2) is 0 Å². The lowest BCUT2D eigenvalue weighted by atomic mass is 9.89. The Morgan fingerprint density at radius 3 is 2.66 bits per heavy atom. The van der Waals surface area contributed by atoms with Crippen molar-refractivity contribution in [2.75, 3.05) is 5.32 Å². The van der Waals surface area contributed by atoms with Crippen LogP contribution in [-0.4, -0.2) is 31.3 Å². The van der Waals surface area contributed by atoms with E-state index in [1.165, 1.54) is 26.8 Å². The predicted octanol–water partition coefficient (Wildman–Crippen LogP) is 4.59. The molecule has 0 amide bonds. The number of aliphatic carboxylic acids is 1. The van der Waals surface area contributed by atoms with E-state index in [2.05, 4.69) is 10.4 Å². The molecule has 10 heteroatoms. The van der Waals surface area contributed by atoms with Crippen LogP contribution < -0.4 is 10.9 Å². The normalized spacial score (nSPS) is 11.5. The van der Waals surface area contributed by atoms with E-state index in [-0.39, 0.29) is 24.4 Å². The van der Waals surface area contributed by atoms with Gasteiger partial charge >= 0.3 is 5.97 Å². The molecule has 0 atom stereocenters. The number of carboxylic acid groups (broad SMARTS) is 1. The molecule has 3 aromatic heterocycles. The van der Waals surface area contributed by atoms with Gasteiger partial charge < -0.3 is 15.0 Å². The van der Waals surface area contributed by atoms with Gasteiger partial charge in [0.2, 0.25) is 0 Å². The van der Waals surface area contributed by atoms with Crippen LogP contribution in [0.5, 0.6) is 0 Å². The highest BCUT2D eigenvalue weighted by Gasteiger charge is 2.30. The molecule has 0 aliphatic rings. The van der Waals surface area contributed by atoms with E-state index in [1.54, 1.807) is 24.3 Å². The molecule has 0 spiro atoms. The number of halogens is 1. The Bertz CT molecular complexity index is 1190. The number of pyridine rings is 1. The minimum Gasteiger partial charge on any atom is -0.481 e. The lowest BCUT2D eigenvalue weighted by Crippen LogP contribution is -2.31. The summed E-state index contributed by atoms with van der Waals surface area (Å²) < 4.78 is 3.31. The number of nitrogens with zero attached hydrogens (tertiary/aromatic N) is 3. The molecule has 0 bridgehead atoms. The van der Waals surface area contributed by atoms with E-state index in [0.29, 0.717) is 34.4 Å². The summed E-state index contributed by atoms with van der Waals surface area (Å²) in [7, 11) is 0. The van der Waals surface area contributed by atoms with Gasteiger partial charge in [-0.3, -0.25) is 14.4 Å². The number of nitrogens with one attached hydrogen (secondary N) is 1. The van der Waals surface area contributed by atoms with Gasteiger partial charge in [0, 0.05) is 29.1 Å². The summed E-state index contributed by atoms with van der Waals surface area (Å²) in [4.78, 5) is 38.0. The first-order valence-electron chi connectivity index (χ1n) is 10.2. The molecule has 0 aromatic carbocycles. The zero-order chi connectivity index (χ0) is 23.5. The van der Waals surface area contributed by atoms with Crippen molar-refractivity contribution in [3.8, 4) is 11.3 Å². The molecule has 0 aliphatic carbocycles. The third-order valence-electron chi connectivity index (χ3n) is 5.30. The molecule has 170 valence electrons. The largest absolute Gasteiger partial charge is 0.481 e. The smallest absolute Gasteiger partial charge is 0.305 e. The van der Waals surface area contributed by atoms with Crippen LogP contribution >= 0.6 is 22.9 Å². The van der Waals surface area contributed by atoms with Gasteiger partial charge in [0.15, 0.2) is 0 Å². The number of thiophene rings is 1. The second kappa shape index (κ2) is 9.70. The zero-order valence-electron chi connectivity index (χ0n) is 18.1. The Hall–Kier alpha value is -2.91. The standard InChI is InChI=1S/C22H25ClN4O4S/c1-4-22(2,3)21(31)27-18(24-13-14-7-8-17(23)32-14)12-16(25-27)15-6-5-10-26(20(15)30)11-9-19(28)29/h5-8,10,12,24H,4,9,11,13H2,1-3H3,(H,28,29). The maximum atomic E-state index is 13.2. The molecule has 3 rings (SSSR count). The van der Waals surface area contributed by atoms with Gasteiger partial charge in [-0.05, 0) is 30.7 Å². The molecular formula is C22H25ClN4O4S. The molecular weight excluding hydrogens is 452 g/mol. The second-order valence-electron chi connectivity index (χ2n) is 7.99. The molecule has 3 aromatic rings. The van der Waals surface area contributed by atoms with Crippen LogP contribution in [0.15, 0.2) is 41.3 Å². The Balaban J connectivity index is 2.00. The minimum absolute atomic E-state index is 0.0504. The molecule has 0 aliphatic heterocycles. The Morgan fingerprint density at radius 1 is 1.28 bits per heavy atom. The third kappa shape index (κ3) is 5.28. The maximum absolute atomic E-state index is 13.2. The fourth-order valence-electron chi connectivity index (χ4n) is 2.98. The van der Waals surface area contributed by atoms with Crippen molar-refractivity contribution in [2.24, 2.45) is 5.41 Å². The molecule has 0 saturated carbocycles. The summed E-state index contributed by atoms with van der Waals surface area (Å²) in [6, 6.07) is 8.65. The van der Waals surface area contributed by atoms with Crippen LogP contribution in [0.4, 0.5) is 5.82 Å². The Labute approximate surface area is 194 Å². The van der Waals surface area contributed by atoms with Gasteiger partial charge in [0.05, 0.1) is 22.9 Å². The summed E-state index contributed by atoms with van der Waals surface area (Å²) in [5.41, 5.74) is -0.380. The number of aryl methyl sites for hydroxylation is 1. The van der Waals surface area contributed by atoms with Crippen molar-refractivity contribution >= 4 is 40.6 Å². The van der Waals surface area contributed by atoms with Crippen LogP contribution in [0.2, 0.25) is 4.34 Å². The van der Waals surface area contributed by atoms with E-state index in [4.69, 9.17) is 16.7 Å². The zero-order valence-corrected chi connectivity index (χ0v) is 19.7. The topological polar surface area (TPSA) is 106 Å². The number of carbonyl (C=O) groups excluding carboxylic acids is 1. The molecule has 32 heavy (non-hydrogen) atoms. The van der Waals surface area contributed by atoms with Crippen molar-refractivity contribution in [3.63, 3.8) is 0 Å². The van der Waals surface area contributed by atoms with E-state index in [1.807, 2.05) is 26.8 Å². The van der Waals surface area contributed by atoms with Crippen molar-refractivity contribution < 1.29 is 14.7 Å². The second-order valence-corrected chi connectivity index (χ2v) is 9.79. The first-order chi connectivity index (χ1) is 15.1. The van der Waals surface area contributed by atoms with Gasteiger partial charge in [-0.2, -0.15) is 9.78 Å². The Morgan fingerprint density at radius 2 is 2.03 bits per heavy atom. The van der Waals surface area contributed by atoms with Crippen LogP contribution in [0.3, 0.4) is 0 Å². The van der Waals surface area contributed by atoms with Crippen LogP contribution in [0.25, 0.3) is 11.3 Å². The summed E-state index contributed by atoms with van der Waals surface area (Å²) in [6.45, 7) is 6.12. The van der Waals surface area contributed by atoms with Crippen molar-refractivity contribution in [3.05, 3.63) is 56.1 Å². The van der Waals surface area contributed by atoms with Gasteiger partial charge in [-0.15, -0.1) is 11.3 Å². The SMILES string of the molecule is CCC(C)(C)C(=O)n1nc(-c2cccn(CCC(=O)O)c2=O)cc1NCc1ccc(Cl)s1. The van der Waals surface area contributed by atoms with Crippen LogP contribution in [0.1, 0.15) is 43.3 Å². The number of carbonyl (C=O) groups is 2. The molecule has 0 unspecified atom stereocenters. The molecule has 0 saturated heterocycles. The first kappa shape index (κ1) is 23.7. The number of hydrogen-bond donors (Lipinski definition) is 2.